The highest BCUT2D eigenvalue weighted by molar-refractivity contribution is 6.13. The molecule has 1 heterocycles. The lowest BCUT2D eigenvalue weighted by molar-refractivity contribution is 0.0792. The van der Waals surface area contributed by atoms with Gasteiger partial charge in [-0.2, -0.15) is 0 Å². The van der Waals surface area contributed by atoms with E-state index in [0.29, 0.717) is 46.6 Å². The van der Waals surface area contributed by atoms with Gasteiger partial charge in [0.2, 0.25) is 0 Å². The molecule has 2 N–H and O–H groups in total. The molecular formula is C38H40FN3O4. The zero-order chi connectivity index (χ0) is 32.6. The van der Waals surface area contributed by atoms with Crippen LogP contribution in [0.5, 0.6) is 0 Å². The molecule has 0 saturated carbocycles. The van der Waals surface area contributed by atoms with Gasteiger partial charge in [-0.3, -0.25) is 9.59 Å². The summed E-state index contributed by atoms with van der Waals surface area (Å²) in [5.41, 5.74) is 5.72. The number of ether oxygens (including phenoxy) is 1. The van der Waals surface area contributed by atoms with E-state index in [4.69, 9.17) is 9.15 Å². The fraction of sp³-hybridized carbons (Fsp3) is 0.263. The molecule has 7 nitrogen and oxygen atoms in total. The number of rotatable bonds is 13. The van der Waals surface area contributed by atoms with Gasteiger partial charge in [0, 0.05) is 54.0 Å². The summed E-state index contributed by atoms with van der Waals surface area (Å²) in [4.78, 5) is 28.9. The van der Waals surface area contributed by atoms with Crippen LogP contribution in [0.4, 0.5) is 10.1 Å². The molecule has 0 aliphatic heterocycles. The molecule has 0 bridgehead atoms. The van der Waals surface area contributed by atoms with Crippen molar-refractivity contribution in [2.24, 2.45) is 0 Å². The lowest BCUT2D eigenvalue weighted by Gasteiger charge is -2.24. The highest BCUT2D eigenvalue weighted by atomic mass is 19.1. The van der Waals surface area contributed by atoms with E-state index < -0.39 is 0 Å². The van der Waals surface area contributed by atoms with E-state index in [1.165, 1.54) is 12.1 Å². The third-order valence-corrected chi connectivity index (χ3v) is 8.17. The third-order valence-electron chi connectivity index (χ3n) is 8.17. The van der Waals surface area contributed by atoms with Crippen molar-refractivity contribution in [1.82, 2.24) is 10.6 Å². The molecule has 0 aliphatic carbocycles. The maximum Gasteiger partial charge on any atom is 0.255 e. The van der Waals surface area contributed by atoms with Crippen molar-refractivity contribution in [1.29, 1.82) is 0 Å². The molecule has 0 unspecified atom stereocenters. The topological polar surface area (TPSA) is 83.8 Å². The Bertz CT molecular complexity index is 1800. The summed E-state index contributed by atoms with van der Waals surface area (Å²) in [6, 6.07) is 27.1. The highest BCUT2D eigenvalue weighted by Crippen LogP contribution is 2.41. The number of amides is 2. The first-order valence-corrected chi connectivity index (χ1v) is 15.7. The van der Waals surface area contributed by atoms with Gasteiger partial charge in [0.15, 0.2) is 0 Å². The largest absolute Gasteiger partial charge is 0.455 e. The SMILES string of the molecule is CC[C@H](COCc1ccccc1)NC(=O)c1cccc(-c2cc3c(C(=O)NC)c(-c4ccc(F)cc4)oc3cc2N(CC)CC)c1. The molecule has 2 amide bonds. The summed E-state index contributed by atoms with van der Waals surface area (Å²) in [7, 11) is 1.57. The van der Waals surface area contributed by atoms with E-state index in [2.05, 4.69) is 29.4 Å². The zero-order valence-corrected chi connectivity index (χ0v) is 26.7. The molecule has 0 fully saturated rings. The number of carbonyl (C=O) groups excluding carboxylic acids is 2. The molecule has 0 aliphatic rings. The Kier molecular flexibility index (Phi) is 10.5. The van der Waals surface area contributed by atoms with Crippen LogP contribution in [0, 0.1) is 5.82 Å². The van der Waals surface area contributed by atoms with Crippen molar-refractivity contribution in [3.05, 3.63) is 114 Å². The van der Waals surface area contributed by atoms with Crippen LogP contribution in [0.15, 0.2) is 95.4 Å². The minimum atomic E-state index is -0.374. The fourth-order valence-electron chi connectivity index (χ4n) is 5.60. The third kappa shape index (κ3) is 7.13. The maximum absolute atomic E-state index is 13.7. The van der Waals surface area contributed by atoms with Gasteiger partial charge in [0.25, 0.3) is 11.8 Å². The van der Waals surface area contributed by atoms with Crippen LogP contribution in [0.25, 0.3) is 33.4 Å². The second-order valence-corrected chi connectivity index (χ2v) is 11.1. The summed E-state index contributed by atoms with van der Waals surface area (Å²) in [5, 5.41) is 6.48. The molecule has 1 aromatic heterocycles. The Morgan fingerprint density at radius 3 is 2.28 bits per heavy atom. The number of nitrogens with one attached hydrogen (secondary N) is 2. The van der Waals surface area contributed by atoms with Gasteiger partial charge in [0.1, 0.15) is 17.2 Å². The Balaban J connectivity index is 1.51. The first-order chi connectivity index (χ1) is 22.4. The minimum Gasteiger partial charge on any atom is -0.455 e. The van der Waals surface area contributed by atoms with Gasteiger partial charge in [-0.05, 0) is 73.9 Å². The van der Waals surface area contributed by atoms with Gasteiger partial charge in [-0.25, -0.2) is 4.39 Å². The summed E-state index contributed by atoms with van der Waals surface area (Å²) in [6.07, 6.45) is 0.724. The molecule has 5 rings (SSSR count). The minimum absolute atomic E-state index is 0.145. The van der Waals surface area contributed by atoms with Crippen molar-refractivity contribution in [2.45, 2.75) is 39.8 Å². The van der Waals surface area contributed by atoms with E-state index >= 15 is 0 Å². The molecular weight excluding hydrogens is 581 g/mol. The Morgan fingerprint density at radius 2 is 1.61 bits per heavy atom. The number of nitrogens with zero attached hydrogens (tertiary/aromatic N) is 1. The van der Waals surface area contributed by atoms with Crippen LogP contribution in [0.3, 0.4) is 0 Å². The zero-order valence-electron chi connectivity index (χ0n) is 26.7. The summed E-state index contributed by atoms with van der Waals surface area (Å²) in [6.45, 7) is 8.54. The molecule has 1 atom stereocenters. The average molecular weight is 622 g/mol. The smallest absolute Gasteiger partial charge is 0.255 e. The summed E-state index contributed by atoms with van der Waals surface area (Å²) < 4.78 is 26.0. The number of fused-ring (bicyclic) bond motifs is 1. The van der Waals surface area contributed by atoms with Crippen molar-refractivity contribution in [3.63, 3.8) is 0 Å². The van der Waals surface area contributed by atoms with E-state index in [-0.39, 0.29) is 23.7 Å². The van der Waals surface area contributed by atoms with Crippen molar-refractivity contribution < 1.29 is 23.1 Å². The van der Waals surface area contributed by atoms with Crippen molar-refractivity contribution in [2.75, 3.05) is 31.6 Å². The van der Waals surface area contributed by atoms with Crippen LogP contribution in [0.2, 0.25) is 0 Å². The first-order valence-electron chi connectivity index (χ1n) is 15.7. The first kappa shape index (κ1) is 32.4. The molecule has 46 heavy (non-hydrogen) atoms. The Labute approximate surface area is 269 Å². The van der Waals surface area contributed by atoms with Gasteiger partial charge in [-0.1, -0.05) is 49.4 Å². The second-order valence-electron chi connectivity index (χ2n) is 11.1. The molecule has 238 valence electrons. The Morgan fingerprint density at radius 1 is 0.870 bits per heavy atom. The molecule has 0 spiro atoms. The van der Waals surface area contributed by atoms with E-state index in [1.54, 1.807) is 25.2 Å². The molecule has 8 heteroatoms. The number of hydrogen-bond donors (Lipinski definition) is 2. The van der Waals surface area contributed by atoms with E-state index in [1.807, 2.05) is 67.6 Å². The standard InChI is InChI=1S/C38H40FN3O4/c1-5-30(24-45-23-25-12-9-8-10-13-25)41-37(43)28-15-11-14-27(20-28)31-21-32-34(22-33(31)42(6-2)7-3)46-36(35(32)38(44)40-4)26-16-18-29(39)19-17-26/h8-22,30H,5-7,23-24H2,1-4H3,(H,40,44)(H,41,43)/t30-/m1/s1. The fourth-order valence-corrected chi connectivity index (χ4v) is 5.60. The van der Waals surface area contributed by atoms with Crippen molar-refractivity contribution in [3.8, 4) is 22.5 Å². The van der Waals surface area contributed by atoms with Crippen LogP contribution in [-0.2, 0) is 11.3 Å². The van der Waals surface area contributed by atoms with Crippen LogP contribution in [-0.4, -0.2) is 44.6 Å². The predicted octanol–water partition coefficient (Wildman–Crippen LogP) is 7.84. The normalized spacial score (nSPS) is 11.8. The molecule has 0 saturated heterocycles. The Hall–Kier alpha value is -4.95. The number of anilines is 1. The van der Waals surface area contributed by atoms with Crippen LogP contribution >= 0.6 is 0 Å². The van der Waals surface area contributed by atoms with E-state index in [0.717, 1.165) is 41.9 Å². The van der Waals surface area contributed by atoms with Gasteiger partial charge in [0.05, 0.1) is 24.8 Å². The number of halogens is 1. The van der Waals surface area contributed by atoms with Gasteiger partial charge < -0.3 is 24.7 Å². The molecule has 5 aromatic rings. The lowest BCUT2D eigenvalue weighted by atomic mass is 9.96. The number of furan rings is 1. The number of carbonyl (C=O) groups is 2. The maximum atomic E-state index is 13.7. The molecule has 0 radical (unpaired) electrons. The second kappa shape index (κ2) is 14.9. The van der Waals surface area contributed by atoms with Gasteiger partial charge in [-0.15, -0.1) is 0 Å². The predicted molar refractivity (Wildman–Crippen MR) is 182 cm³/mol. The summed E-state index contributed by atoms with van der Waals surface area (Å²) in [5.74, 6) is -0.505. The average Bonchev–Trinajstić information content (AvgIpc) is 3.47. The summed E-state index contributed by atoms with van der Waals surface area (Å²) >= 11 is 0. The van der Waals surface area contributed by atoms with Gasteiger partial charge >= 0.3 is 0 Å². The molecule has 4 aromatic carbocycles. The lowest BCUT2D eigenvalue weighted by Crippen LogP contribution is -2.37. The van der Waals surface area contributed by atoms with Crippen LogP contribution < -0.4 is 15.5 Å². The number of hydrogen-bond acceptors (Lipinski definition) is 5. The highest BCUT2D eigenvalue weighted by Gasteiger charge is 2.25. The number of benzene rings is 4. The van der Waals surface area contributed by atoms with Crippen molar-refractivity contribution >= 4 is 28.5 Å². The van der Waals surface area contributed by atoms with Crippen LogP contribution in [0.1, 0.15) is 53.5 Å². The quantitative estimate of drug-likeness (QED) is 0.140. The monoisotopic (exact) mass is 621 g/mol. The van der Waals surface area contributed by atoms with E-state index in [9.17, 15) is 14.0 Å².